The van der Waals surface area contributed by atoms with Gasteiger partial charge in [0.25, 0.3) is 15.9 Å². The Morgan fingerprint density at radius 2 is 2.00 bits per heavy atom. The zero-order valence-corrected chi connectivity index (χ0v) is 14.6. The molecule has 0 radical (unpaired) electrons. The Morgan fingerprint density at radius 3 is 2.84 bits per heavy atom. The molecule has 0 aromatic heterocycles. The molecule has 2 aliphatic heterocycles. The fraction of sp³-hybridized carbons (Fsp3) is 0.278. The molecule has 0 saturated carbocycles. The van der Waals surface area contributed by atoms with Crippen LogP contribution in [0.15, 0.2) is 41.3 Å². The predicted molar refractivity (Wildman–Crippen MR) is 94.6 cm³/mol. The quantitative estimate of drug-likeness (QED) is 0.895. The molecule has 0 aliphatic carbocycles. The van der Waals surface area contributed by atoms with E-state index in [0.717, 1.165) is 24.1 Å². The van der Waals surface area contributed by atoms with Crippen molar-refractivity contribution < 1.29 is 17.9 Å². The van der Waals surface area contributed by atoms with Gasteiger partial charge in [0.1, 0.15) is 5.75 Å². The lowest BCUT2D eigenvalue weighted by molar-refractivity contribution is -0.118. The summed E-state index contributed by atoms with van der Waals surface area (Å²) >= 11 is 0. The lowest BCUT2D eigenvalue weighted by Gasteiger charge is -2.31. The molecule has 4 rings (SSSR count). The molecular weight excluding hydrogens is 340 g/mol. The van der Waals surface area contributed by atoms with E-state index in [9.17, 15) is 13.2 Å². The average molecular weight is 358 g/mol. The number of benzene rings is 2. The minimum Gasteiger partial charge on any atom is -0.482 e. The zero-order valence-electron chi connectivity index (χ0n) is 13.8. The van der Waals surface area contributed by atoms with Crippen LogP contribution in [0.1, 0.15) is 17.5 Å². The number of anilines is 2. The second-order valence-corrected chi connectivity index (χ2v) is 8.09. The molecule has 0 bridgehead atoms. The molecule has 1 N–H and O–H groups in total. The van der Waals surface area contributed by atoms with Gasteiger partial charge in [-0.15, -0.1) is 0 Å². The van der Waals surface area contributed by atoms with E-state index in [1.54, 1.807) is 13.0 Å². The molecule has 2 aliphatic rings. The summed E-state index contributed by atoms with van der Waals surface area (Å²) in [6.45, 7) is 2.12. The molecule has 6 nitrogen and oxygen atoms in total. The van der Waals surface area contributed by atoms with Crippen LogP contribution in [-0.4, -0.2) is 27.5 Å². The summed E-state index contributed by atoms with van der Waals surface area (Å²) in [4.78, 5) is 11.7. The van der Waals surface area contributed by atoms with Gasteiger partial charge in [0.15, 0.2) is 6.61 Å². The minimum absolute atomic E-state index is 0.0575. The molecule has 25 heavy (non-hydrogen) atoms. The number of rotatable bonds is 2. The first kappa shape index (κ1) is 16.0. The van der Waals surface area contributed by atoms with Gasteiger partial charge in [0, 0.05) is 6.54 Å². The molecule has 0 saturated heterocycles. The van der Waals surface area contributed by atoms with E-state index >= 15 is 0 Å². The van der Waals surface area contributed by atoms with Crippen molar-refractivity contribution in [3.8, 4) is 5.75 Å². The largest absolute Gasteiger partial charge is 0.482 e. The van der Waals surface area contributed by atoms with Crippen LogP contribution < -0.4 is 14.4 Å². The maximum Gasteiger partial charge on any atom is 0.264 e. The summed E-state index contributed by atoms with van der Waals surface area (Å²) < 4.78 is 33.5. The Balaban J connectivity index is 1.82. The summed E-state index contributed by atoms with van der Waals surface area (Å²) in [6, 6.07) is 10.7. The van der Waals surface area contributed by atoms with Crippen LogP contribution in [0.4, 0.5) is 11.4 Å². The summed E-state index contributed by atoms with van der Waals surface area (Å²) in [6.07, 6.45) is 1.65. The van der Waals surface area contributed by atoms with Gasteiger partial charge in [-0.05, 0) is 49.1 Å². The van der Waals surface area contributed by atoms with Gasteiger partial charge in [-0.3, -0.25) is 9.10 Å². The predicted octanol–water partition coefficient (Wildman–Crippen LogP) is 2.47. The van der Waals surface area contributed by atoms with Crippen molar-refractivity contribution >= 4 is 27.3 Å². The van der Waals surface area contributed by atoms with E-state index in [0.29, 0.717) is 23.5 Å². The molecule has 0 atom stereocenters. The fourth-order valence-corrected chi connectivity index (χ4v) is 5.13. The zero-order chi connectivity index (χ0) is 17.6. The lowest BCUT2D eigenvalue weighted by Crippen LogP contribution is -2.36. The molecule has 0 fully saturated rings. The Morgan fingerprint density at radius 1 is 1.20 bits per heavy atom. The molecule has 2 heterocycles. The molecular formula is C18H18N2O4S. The number of nitrogens with zero attached hydrogens (tertiary/aromatic N) is 1. The van der Waals surface area contributed by atoms with Crippen molar-refractivity contribution in [2.24, 2.45) is 0 Å². The number of para-hydroxylation sites is 1. The SMILES string of the molecule is Cc1cc2c(cc1S(=O)(=O)N1CCCc3ccccc31)NC(=O)CO2. The first-order valence-electron chi connectivity index (χ1n) is 8.15. The van der Waals surface area contributed by atoms with Crippen LogP contribution in [-0.2, 0) is 21.2 Å². The Bertz CT molecular complexity index is 969. The second-order valence-electron chi connectivity index (χ2n) is 6.26. The van der Waals surface area contributed by atoms with E-state index in [-0.39, 0.29) is 17.4 Å². The van der Waals surface area contributed by atoms with Gasteiger partial charge in [-0.2, -0.15) is 0 Å². The number of sulfonamides is 1. The Kier molecular flexibility index (Phi) is 3.68. The van der Waals surface area contributed by atoms with Gasteiger partial charge in [-0.1, -0.05) is 18.2 Å². The number of fused-ring (bicyclic) bond motifs is 2. The number of hydrogen-bond acceptors (Lipinski definition) is 4. The van der Waals surface area contributed by atoms with Crippen LogP contribution in [0.2, 0.25) is 0 Å². The first-order valence-corrected chi connectivity index (χ1v) is 9.59. The summed E-state index contributed by atoms with van der Waals surface area (Å²) in [5.41, 5.74) is 2.75. The van der Waals surface area contributed by atoms with Crippen LogP contribution in [0, 0.1) is 6.92 Å². The smallest absolute Gasteiger partial charge is 0.264 e. The lowest BCUT2D eigenvalue weighted by atomic mass is 10.0. The monoisotopic (exact) mass is 358 g/mol. The highest BCUT2D eigenvalue weighted by molar-refractivity contribution is 7.92. The van der Waals surface area contributed by atoms with Gasteiger partial charge in [0.2, 0.25) is 0 Å². The van der Waals surface area contributed by atoms with E-state index in [1.807, 2.05) is 24.3 Å². The van der Waals surface area contributed by atoms with E-state index in [4.69, 9.17) is 4.74 Å². The van der Waals surface area contributed by atoms with Gasteiger partial charge >= 0.3 is 0 Å². The summed E-state index contributed by atoms with van der Waals surface area (Å²) in [5, 5.41) is 2.67. The van der Waals surface area contributed by atoms with Gasteiger partial charge in [-0.25, -0.2) is 8.42 Å². The van der Waals surface area contributed by atoms with Crippen molar-refractivity contribution in [2.45, 2.75) is 24.7 Å². The molecule has 0 spiro atoms. The topological polar surface area (TPSA) is 75.7 Å². The summed E-state index contributed by atoms with van der Waals surface area (Å²) in [5.74, 6) is 0.207. The van der Waals surface area contributed by atoms with Crippen LogP contribution in [0.5, 0.6) is 5.75 Å². The van der Waals surface area contributed by atoms with Crippen molar-refractivity contribution in [2.75, 3.05) is 22.8 Å². The fourth-order valence-electron chi connectivity index (χ4n) is 3.35. The number of amides is 1. The third-order valence-electron chi connectivity index (χ3n) is 4.55. The van der Waals surface area contributed by atoms with Gasteiger partial charge in [0.05, 0.1) is 16.3 Å². The first-order chi connectivity index (χ1) is 12.0. The number of aryl methyl sites for hydroxylation is 2. The highest BCUT2D eigenvalue weighted by atomic mass is 32.2. The molecule has 7 heteroatoms. The summed E-state index contributed by atoms with van der Waals surface area (Å²) in [7, 11) is -3.73. The number of hydrogen-bond donors (Lipinski definition) is 1. The van der Waals surface area contributed by atoms with Gasteiger partial charge < -0.3 is 10.1 Å². The van der Waals surface area contributed by atoms with Crippen molar-refractivity contribution in [3.05, 3.63) is 47.5 Å². The molecule has 2 aromatic rings. The van der Waals surface area contributed by atoms with Crippen molar-refractivity contribution in [3.63, 3.8) is 0 Å². The Labute approximate surface area is 146 Å². The molecule has 1 amide bonds. The minimum atomic E-state index is -3.73. The maximum atomic E-state index is 13.3. The third-order valence-corrected chi connectivity index (χ3v) is 6.50. The van der Waals surface area contributed by atoms with Crippen LogP contribution in [0.3, 0.4) is 0 Å². The maximum absolute atomic E-state index is 13.3. The van der Waals surface area contributed by atoms with Crippen LogP contribution in [0.25, 0.3) is 0 Å². The van der Waals surface area contributed by atoms with Crippen molar-refractivity contribution in [1.82, 2.24) is 0 Å². The highest BCUT2D eigenvalue weighted by Crippen LogP contribution is 2.37. The highest BCUT2D eigenvalue weighted by Gasteiger charge is 2.31. The standard InChI is InChI=1S/C18H18N2O4S/c1-12-9-16-14(19-18(21)11-24-16)10-17(12)25(22,23)20-8-4-6-13-5-2-3-7-15(13)20/h2-3,5,7,9-10H,4,6,8,11H2,1H3,(H,19,21). The average Bonchev–Trinajstić information content (AvgIpc) is 2.61. The number of nitrogens with one attached hydrogen (secondary N) is 1. The molecule has 2 aromatic carbocycles. The van der Waals surface area contributed by atoms with E-state index in [2.05, 4.69) is 5.32 Å². The third kappa shape index (κ3) is 2.64. The Hall–Kier alpha value is -2.54. The number of ether oxygens (including phenoxy) is 1. The van der Waals surface area contributed by atoms with Crippen molar-refractivity contribution in [1.29, 1.82) is 0 Å². The second kappa shape index (κ2) is 5.77. The normalized spacial score (nSPS) is 16.5. The van der Waals surface area contributed by atoms with E-state index < -0.39 is 10.0 Å². The van der Waals surface area contributed by atoms with E-state index in [1.165, 1.54) is 10.4 Å². The number of carbonyl (C=O) groups is 1. The van der Waals surface area contributed by atoms with Crippen LogP contribution >= 0.6 is 0 Å². The molecule has 0 unspecified atom stereocenters. The molecule has 130 valence electrons. The number of carbonyl (C=O) groups excluding carboxylic acids is 1.